The van der Waals surface area contributed by atoms with Gasteiger partial charge in [0.1, 0.15) is 5.69 Å². The number of rotatable bonds is 2. The van der Waals surface area contributed by atoms with Crippen molar-refractivity contribution in [1.29, 1.82) is 0 Å². The summed E-state index contributed by atoms with van der Waals surface area (Å²) in [5, 5.41) is 6.34. The second kappa shape index (κ2) is 3.68. The SMILES string of the molecule is CC(C)c1n[nH]c(=O)c(C(C)C)n1. The fourth-order valence-corrected chi connectivity index (χ4v) is 1.01. The highest BCUT2D eigenvalue weighted by Crippen LogP contribution is 2.10. The first-order valence-electron chi connectivity index (χ1n) is 4.49. The van der Waals surface area contributed by atoms with E-state index in [0.717, 1.165) is 0 Å². The summed E-state index contributed by atoms with van der Waals surface area (Å²) in [6.45, 7) is 7.89. The third-order valence-corrected chi connectivity index (χ3v) is 1.80. The molecule has 4 nitrogen and oxygen atoms in total. The van der Waals surface area contributed by atoms with E-state index in [1.165, 1.54) is 0 Å². The van der Waals surface area contributed by atoms with Gasteiger partial charge in [0.25, 0.3) is 5.56 Å². The smallest absolute Gasteiger partial charge is 0.266 e. The van der Waals surface area contributed by atoms with Gasteiger partial charge < -0.3 is 0 Å². The topological polar surface area (TPSA) is 58.6 Å². The average molecular weight is 181 g/mol. The van der Waals surface area contributed by atoms with E-state index in [4.69, 9.17) is 0 Å². The summed E-state index contributed by atoms with van der Waals surface area (Å²) in [5.74, 6) is 1.09. The molecule has 0 radical (unpaired) electrons. The molecule has 0 amide bonds. The summed E-state index contributed by atoms with van der Waals surface area (Å²) in [6, 6.07) is 0. The molecule has 0 bridgehead atoms. The van der Waals surface area contributed by atoms with Gasteiger partial charge in [0.2, 0.25) is 0 Å². The highest BCUT2D eigenvalue weighted by atomic mass is 16.1. The van der Waals surface area contributed by atoms with E-state index in [-0.39, 0.29) is 17.4 Å². The largest absolute Gasteiger partial charge is 0.286 e. The average Bonchev–Trinajstić information content (AvgIpc) is 2.04. The molecular formula is C9H15N3O. The van der Waals surface area contributed by atoms with Crippen LogP contribution in [0.2, 0.25) is 0 Å². The molecule has 0 aliphatic carbocycles. The zero-order chi connectivity index (χ0) is 10.0. The Labute approximate surface area is 77.4 Å². The summed E-state index contributed by atoms with van der Waals surface area (Å²) in [5.41, 5.74) is 0.387. The molecule has 0 aliphatic heterocycles. The molecule has 0 saturated carbocycles. The molecule has 0 unspecified atom stereocenters. The van der Waals surface area contributed by atoms with Crippen molar-refractivity contribution in [3.63, 3.8) is 0 Å². The third kappa shape index (κ3) is 2.14. The highest BCUT2D eigenvalue weighted by Gasteiger charge is 2.10. The molecule has 0 atom stereocenters. The normalized spacial score (nSPS) is 11.2. The maximum atomic E-state index is 11.3. The predicted octanol–water partition coefficient (Wildman–Crippen LogP) is 1.41. The number of aromatic nitrogens is 3. The molecule has 1 aromatic heterocycles. The minimum Gasteiger partial charge on any atom is -0.266 e. The fourth-order valence-electron chi connectivity index (χ4n) is 1.01. The number of hydrogen-bond donors (Lipinski definition) is 1. The van der Waals surface area contributed by atoms with Crippen molar-refractivity contribution in [3.8, 4) is 0 Å². The Hall–Kier alpha value is -1.19. The van der Waals surface area contributed by atoms with Crippen LogP contribution in [0.15, 0.2) is 4.79 Å². The summed E-state index contributed by atoms with van der Waals surface area (Å²) in [4.78, 5) is 15.5. The van der Waals surface area contributed by atoms with Gasteiger partial charge in [-0.25, -0.2) is 10.1 Å². The Morgan fingerprint density at radius 3 is 2.23 bits per heavy atom. The summed E-state index contributed by atoms with van der Waals surface area (Å²) in [7, 11) is 0. The molecule has 0 saturated heterocycles. The first kappa shape index (κ1) is 9.89. The van der Waals surface area contributed by atoms with E-state index >= 15 is 0 Å². The number of nitrogens with zero attached hydrogens (tertiary/aromatic N) is 2. The number of H-pyrrole nitrogens is 1. The summed E-state index contributed by atoms with van der Waals surface area (Å²) < 4.78 is 0. The van der Waals surface area contributed by atoms with Gasteiger partial charge in [0.15, 0.2) is 5.82 Å². The van der Waals surface area contributed by atoms with Gasteiger partial charge in [0, 0.05) is 11.8 Å². The Morgan fingerprint density at radius 2 is 1.77 bits per heavy atom. The zero-order valence-electron chi connectivity index (χ0n) is 8.46. The van der Waals surface area contributed by atoms with E-state index in [9.17, 15) is 4.79 Å². The van der Waals surface area contributed by atoms with Crippen molar-refractivity contribution in [2.24, 2.45) is 0 Å². The van der Waals surface area contributed by atoms with Gasteiger partial charge in [-0.05, 0) is 0 Å². The van der Waals surface area contributed by atoms with E-state index in [0.29, 0.717) is 11.5 Å². The van der Waals surface area contributed by atoms with Crippen LogP contribution in [0.1, 0.15) is 51.0 Å². The molecule has 1 N–H and O–H groups in total. The van der Waals surface area contributed by atoms with Crippen LogP contribution in [0.5, 0.6) is 0 Å². The zero-order valence-corrected chi connectivity index (χ0v) is 8.46. The van der Waals surface area contributed by atoms with Crippen LogP contribution in [0.4, 0.5) is 0 Å². The molecule has 0 aliphatic rings. The summed E-state index contributed by atoms with van der Waals surface area (Å²) in [6.07, 6.45) is 0. The van der Waals surface area contributed by atoms with Gasteiger partial charge in [-0.1, -0.05) is 27.7 Å². The van der Waals surface area contributed by atoms with Crippen LogP contribution in [-0.2, 0) is 0 Å². The lowest BCUT2D eigenvalue weighted by Crippen LogP contribution is -2.20. The van der Waals surface area contributed by atoms with Gasteiger partial charge in [-0.15, -0.1) is 0 Å². The minimum absolute atomic E-state index is 0.143. The number of hydrogen-bond acceptors (Lipinski definition) is 3. The molecule has 72 valence electrons. The lowest BCUT2D eigenvalue weighted by Gasteiger charge is -2.06. The predicted molar refractivity (Wildman–Crippen MR) is 50.8 cm³/mol. The van der Waals surface area contributed by atoms with Crippen molar-refractivity contribution in [2.45, 2.75) is 39.5 Å². The lowest BCUT2D eigenvalue weighted by molar-refractivity contribution is 0.679. The maximum Gasteiger partial charge on any atom is 0.286 e. The molecular weight excluding hydrogens is 166 g/mol. The van der Waals surface area contributed by atoms with E-state index in [2.05, 4.69) is 15.2 Å². The van der Waals surface area contributed by atoms with Gasteiger partial charge in [-0.2, -0.15) is 5.10 Å². The molecule has 1 aromatic rings. The minimum atomic E-state index is -0.181. The molecule has 1 heterocycles. The number of nitrogens with one attached hydrogen (secondary N) is 1. The molecule has 0 spiro atoms. The molecule has 0 fully saturated rings. The van der Waals surface area contributed by atoms with E-state index in [1.807, 2.05) is 27.7 Å². The Balaban J connectivity index is 3.19. The van der Waals surface area contributed by atoms with E-state index < -0.39 is 0 Å². The standard InChI is InChI=1S/C9H15N3O/c1-5(2)7-9(13)12-11-8(10-7)6(3)4/h5-6H,1-4H3,(H,12,13). The van der Waals surface area contributed by atoms with Crippen molar-refractivity contribution in [2.75, 3.05) is 0 Å². The van der Waals surface area contributed by atoms with Crippen LogP contribution < -0.4 is 5.56 Å². The van der Waals surface area contributed by atoms with Gasteiger partial charge in [0.05, 0.1) is 0 Å². The molecule has 13 heavy (non-hydrogen) atoms. The highest BCUT2D eigenvalue weighted by molar-refractivity contribution is 5.03. The molecule has 0 aromatic carbocycles. The Kier molecular flexibility index (Phi) is 2.80. The second-order valence-corrected chi connectivity index (χ2v) is 3.72. The second-order valence-electron chi connectivity index (χ2n) is 3.72. The lowest BCUT2D eigenvalue weighted by atomic mass is 10.1. The molecule has 4 heteroatoms. The molecule has 1 rings (SSSR count). The van der Waals surface area contributed by atoms with E-state index in [1.54, 1.807) is 0 Å². The summed E-state index contributed by atoms with van der Waals surface area (Å²) >= 11 is 0. The van der Waals surface area contributed by atoms with Gasteiger partial charge in [-0.3, -0.25) is 4.79 Å². The third-order valence-electron chi connectivity index (χ3n) is 1.80. The van der Waals surface area contributed by atoms with Crippen LogP contribution in [0.3, 0.4) is 0 Å². The quantitative estimate of drug-likeness (QED) is 0.750. The number of aromatic amines is 1. The van der Waals surface area contributed by atoms with Crippen LogP contribution in [0.25, 0.3) is 0 Å². The van der Waals surface area contributed by atoms with Gasteiger partial charge >= 0.3 is 0 Å². The Morgan fingerprint density at radius 1 is 1.15 bits per heavy atom. The van der Waals surface area contributed by atoms with Crippen LogP contribution >= 0.6 is 0 Å². The van der Waals surface area contributed by atoms with Crippen molar-refractivity contribution in [3.05, 3.63) is 21.9 Å². The van der Waals surface area contributed by atoms with Crippen LogP contribution in [-0.4, -0.2) is 15.2 Å². The van der Waals surface area contributed by atoms with Crippen molar-refractivity contribution < 1.29 is 0 Å². The Bertz CT molecular complexity index is 341. The monoisotopic (exact) mass is 181 g/mol. The van der Waals surface area contributed by atoms with Crippen molar-refractivity contribution in [1.82, 2.24) is 15.2 Å². The fraction of sp³-hybridized carbons (Fsp3) is 0.667. The first-order chi connectivity index (χ1) is 6.02. The van der Waals surface area contributed by atoms with Crippen molar-refractivity contribution >= 4 is 0 Å². The maximum absolute atomic E-state index is 11.3. The first-order valence-corrected chi connectivity index (χ1v) is 4.49. The van der Waals surface area contributed by atoms with Crippen LogP contribution in [0, 0.1) is 0 Å².